The summed E-state index contributed by atoms with van der Waals surface area (Å²) in [6.07, 6.45) is 0.0766. The van der Waals surface area contributed by atoms with E-state index >= 15 is 0 Å². The lowest BCUT2D eigenvalue weighted by molar-refractivity contribution is 0.138. The van der Waals surface area contributed by atoms with Crippen molar-refractivity contribution in [3.63, 3.8) is 0 Å². The Morgan fingerprint density at radius 1 is 0.839 bits per heavy atom. The lowest BCUT2D eigenvalue weighted by atomic mass is 9.74. The van der Waals surface area contributed by atoms with Gasteiger partial charge >= 0.3 is 0 Å². The molecule has 0 bridgehead atoms. The SMILES string of the molecule is COc1ccc(CC(C)(C[C@H](N)O)c2ccccc2OCc2ccccc2)cc1OC. The van der Waals surface area contributed by atoms with Crippen LogP contribution in [0.2, 0.25) is 0 Å². The fraction of sp³-hybridized carbons (Fsp3) is 0.308. The number of aliphatic hydroxyl groups is 1. The van der Waals surface area contributed by atoms with Gasteiger partial charge in [0.2, 0.25) is 0 Å². The Kier molecular flexibility index (Phi) is 7.55. The minimum Gasteiger partial charge on any atom is -0.493 e. The first-order valence-electron chi connectivity index (χ1n) is 10.4. The molecule has 0 amide bonds. The van der Waals surface area contributed by atoms with Gasteiger partial charge in [-0.05, 0) is 42.2 Å². The summed E-state index contributed by atoms with van der Waals surface area (Å²) in [5, 5.41) is 10.1. The highest BCUT2D eigenvalue weighted by atomic mass is 16.5. The molecule has 0 saturated heterocycles. The molecular weight excluding hydrogens is 390 g/mol. The topological polar surface area (TPSA) is 73.9 Å². The standard InChI is InChI=1S/C26H31NO4/c1-26(17-25(27)28,16-20-13-14-23(29-2)24(15-20)30-3)21-11-7-8-12-22(21)31-18-19-9-5-4-6-10-19/h4-15,25,28H,16-18,27H2,1-3H3/t25-,26?/m1/s1. The number of para-hydroxylation sites is 1. The third-order valence-corrected chi connectivity index (χ3v) is 5.48. The summed E-state index contributed by atoms with van der Waals surface area (Å²) in [6.45, 7) is 2.57. The molecule has 0 aliphatic carbocycles. The van der Waals surface area contributed by atoms with Gasteiger partial charge in [-0.2, -0.15) is 0 Å². The third-order valence-electron chi connectivity index (χ3n) is 5.48. The zero-order valence-corrected chi connectivity index (χ0v) is 18.4. The van der Waals surface area contributed by atoms with E-state index in [1.54, 1.807) is 14.2 Å². The van der Waals surface area contributed by atoms with Crippen LogP contribution in [0.1, 0.15) is 30.0 Å². The average Bonchev–Trinajstić information content (AvgIpc) is 2.78. The summed E-state index contributed by atoms with van der Waals surface area (Å²) >= 11 is 0. The smallest absolute Gasteiger partial charge is 0.160 e. The van der Waals surface area contributed by atoms with Crippen LogP contribution in [-0.4, -0.2) is 25.6 Å². The molecule has 3 aromatic carbocycles. The van der Waals surface area contributed by atoms with Crippen LogP contribution >= 0.6 is 0 Å². The first-order valence-corrected chi connectivity index (χ1v) is 10.4. The van der Waals surface area contributed by atoms with Gasteiger partial charge in [-0.25, -0.2) is 0 Å². The monoisotopic (exact) mass is 421 g/mol. The summed E-state index contributed by atoms with van der Waals surface area (Å²) in [5.41, 5.74) is 8.55. The molecule has 5 heteroatoms. The number of nitrogens with two attached hydrogens (primary N) is 1. The summed E-state index contributed by atoms with van der Waals surface area (Å²) in [5.74, 6) is 2.14. The maximum Gasteiger partial charge on any atom is 0.160 e. The van der Waals surface area contributed by atoms with Crippen LogP contribution in [0, 0.1) is 0 Å². The molecule has 0 radical (unpaired) electrons. The van der Waals surface area contributed by atoms with Gasteiger partial charge in [0.15, 0.2) is 11.5 Å². The number of hydrogen-bond donors (Lipinski definition) is 2. The molecule has 5 nitrogen and oxygen atoms in total. The number of ether oxygens (including phenoxy) is 3. The Hall–Kier alpha value is -3.02. The van der Waals surface area contributed by atoms with Crippen molar-refractivity contribution >= 4 is 0 Å². The minimum absolute atomic E-state index is 0.382. The average molecular weight is 422 g/mol. The first-order chi connectivity index (χ1) is 14.9. The van der Waals surface area contributed by atoms with Crippen molar-refractivity contribution in [2.45, 2.75) is 38.0 Å². The van der Waals surface area contributed by atoms with Gasteiger partial charge < -0.3 is 25.1 Å². The van der Waals surface area contributed by atoms with Crippen molar-refractivity contribution in [3.05, 3.63) is 89.5 Å². The Morgan fingerprint density at radius 3 is 2.19 bits per heavy atom. The second kappa shape index (κ2) is 10.3. The van der Waals surface area contributed by atoms with Crippen LogP contribution < -0.4 is 19.9 Å². The first kappa shape index (κ1) is 22.7. The molecule has 0 aliphatic heterocycles. The lowest BCUT2D eigenvalue weighted by Crippen LogP contribution is -2.34. The van der Waals surface area contributed by atoms with Crippen molar-refractivity contribution in [2.24, 2.45) is 5.73 Å². The molecule has 0 heterocycles. The van der Waals surface area contributed by atoms with E-state index in [1.807, 2.05) is 72.8 Å². The van der Waals surface area contributed by atoms with Crippen LogP contribution in [-0.2, 0) is 18.4 Å². The number of hydrogen-bond acceptors (Lipinski definition) is 5. The van der Waals surface area contributed by atoms with E-state index in [0.29, 0.717) is 30.9 Å². The van der Waals surface area contributed by atoms with Crippen molar-refractivity contribution in [1.82, 2.24) is 0 Å². The van der Waals surface area contributed by atoms with Crippen LogP contribution in [0.5, 0.6) is 17.2 Å². The molecular formula is C26H31NO4. The molecule has 0 aliphatic rings. The van der Waals surface area contributed by atoms with Gasteiger partial charge in [-0.1, -0.05) is 61.5 Å². The molecule has 3 rings (SSSR count). The molecule has 3 N–H and O–H groups in total. The van der Waals surface area contributed by atoms with Gasteiger partial charge in [0.25, 0.3) is 0 Å². The summed E-state index contributed by atoms with van der Waals surface area (Å²) < 4.78 is 17.0. The van der Waals surface area contributed by atoms with Crippen molar-refractivity contribution in [2.75, 3.05) is 14.2 Å². The maximum atomic E-state index is 10.1. The lowest BCUT2D eigenvalue weighted by Gasteiger charge is -2.33. The summed E-state index contributed by atoms with van der Waals surface area (Å²) in [7, 11) is 3.24. The number of benzene rings is 3. The molecule has 0 saturated carbocycles. The second-order valence-electron chi connectivity index (χ2n) is 7.97. The fourth-order valence-corrected chi connectivity index (χ4v) is 4.01. The molecule has 3 aromatic rings. The molecule has 31 heavy (non-hydrogen) atoms. The van der Waals surface area contributed by atoms with Gasteiger partial charge in [-0.3, -0.25) is 0 Å². The van der Waals surface area contributed by atoms with E-state index in [0.717, 1.165) is 22.4 Å². The Labute approximate surface area is 184 Å². The highest BCUT2D eigenvalue weighted by molar-refractivity contribution is 5.45. The number of rotatable bonds is 10. The normalized spacial score (nSPS) is 13.8. The highest BCUT2D eigenvalue weighted by Crippen LogP contribution is 2.39. The van der Waals surface area contributed by atoms with E-state index in [-0.39, 0.29) is 0 Å². The number of methoxy groups -OCH3 is 2. The van der Waals surface area contributed by atoms with Crippen molar-refractivity contribution < 1.29 is 19.3 Å². The quantitative estimate of drug-likeness (QED) is 0.473. The molecule has 2 atom stereocenters. The fourth-order valence-electron chi connectivity index (χ4n) is 4.01. The zero-order chi connectivity index (χ0) is 22.3. The third kappa shape index (κ3) is 5.78. The zero-order valence-electron chi connectivity index (χ0n) is 18.4. The highest BCUT2D eigenvalue weighted by Gasteiger charge is 2.32. The largest absolute Gasteiger partial charge is 0.493 e. The predicted molar refractivity (Wildman–Crippen MR) is 123 cm³/mol. The molecule has 164 valence electrons. The van der Waals surface area contributed by atoms with Crippen molar-refractivity contribution in [1.29, 1.82) is 0 Å². The molecule has 0 spiro atoms. The van der Waals surface area contributed by atoms with Crippen molar-refractivity contribution in [3.8, 4) is 17.2 Å². The van der Waals surface area contributed by atoms with E-state index in [1.165, 1.54) is 0 Å². The van der Waals surface area contributed by atoms with Crippen LogP contribution in [0.4, 0.5) is 0 Å². The molecule has 0 fully saturated rings. The molecule has 0 aromatic heterocycles. The van der Waals surface area contributed by atoms with Gasteiger partial charge in [0, 0.05) is 11.0 Å². The summed E-state index contributed by atoms with van der Waals surface area (Å²) in [6, 6.07) is 23.9. The van der Waals surface area contributed by atoms with Gasteiger partial charge in [0.1, 0.15) is 18.6 Å². The Balaban J connectivity index is 1.93. The minimum atomic E-state index is -0.952. The van der Waals surface area contributed by atoms with E-state index < -0.39 is 11.6 Å². The van der Waals surface area contributed by atoms with Crippen LogP contribution in [0.25, 0.3) is 0 Å². The van der Waals surface area contributed by atoms with Gasteiger partial charge in [0.05, 0.1) is 14.2 Å². The van der Waals surface area contributed by atoms with Crippen LogP contribution in [0.3, 0.4) is 0 Å². The van der Waals surface area contributed by atoms with E-state index in [2.05, 4.69) is 6.92 Å². The summed E-state index contributed by atoms with van der Waals surface area (Å²) in [4.78, 5) is 0. The maximum absolute atomic E-state index is 10.1. The predicted octanol–water partition coefficient (Wildman–Crippen LogP) is 4.45. The van der Waals surface area contributed by atoms with Crippen LogP contribution in [0.15, 0.2) is 72.8 Å². The van der Waals surface area contributed by atoms with E-state index in [4.69, 9.17) is 19.9 Å². The van der Waals surface area contributed by atoms with E-state index in [9.17, 15) is 5.11 Å². The molecule has 1 unspecified atom stereocenters. The Morgan fingerprint density at radius 2 is 1.52 bits per heavy atom. The Bertz CT molecular complexity index is 974. The second-order valence-corrected chi connectivity index (χ2v) is 7.97. The number of aliphatic hydroxyl groups excluding tert-OH is 1. The van der Waals surface area contributed by atoms with Gasteiger partial charge in [-0.15, -0.1) is 0 Å².